The van der Waals surface area contributed by atoms with E-state index in [0.29, 0.717) is 23.0 Å². The molecule has 0 aliphatic carbocycles. The molecule has 150 valence electrons. The molecule has 0 radical (unpaired) electrons. The molecule has 0 aliphatic rings. The van der Waals surface area contributed by atoms with Crippen molar-refractivity contribution in [3.63, 3.8) is 0 Å². The zero-order valence-corrected chi connectivity index (χ0v) is 16.8. The molecule has 2 N–H and O–H groups in total. The Morgan fingerprint density at radius 2 is 1.62 bits per heavy atom. The van der Waals surface area contributed by atoms with E-state index in [4.69, 9.17) is 16.3 Å². The van der Waals surface area contributed by atoms with Gasteiger partial charge in [-0.15, -0.1) is 0 Å². The van der Waals surface area contributed by atoms with Crippen LogP contribution in [-0.2, 0) is 21.4 Å². The maximum atomic E-state index is 12.4. The van der Waals surface area contributed by atoms with Crippen LogP contribution < -0.4 is 14.8 Å². The number of nitrogens with one attached hydrogen (secondary N) is 2. The van der Waals surface area contributed by atoms with Crippen LogP contribution in [0.3, 0.4) is 0 Å². The quantitative estimate of drug-likeness (QED) is 0.570. The highest BCUT2D eigenvalue weighted by atomic mass is 35.5. The van der Waals surface area contributed by atoms with Gasteiger partial charge in [-0.3, -0.25) is 14.5 Å². The molecule has 0 unspecified atom stereocenters. The number of carbonyl (C=O) groups excluding carboxylic acids is 1. The molecule has 1 aromatic heterocycles. The molecule has 0 saturated heterocycles. The van der Waals surface area contributed by atoms with Crippen LogP contribution in [0.1, 0.15) is 5.56 Å². The third-order valence-corrected chi connectivity index (χ3v) is 5.49. The second kappa shape index (κ2) is 9.40. The lowest BCUT2D eigenvalue weighted by Gasteiger charge is -2.10. The fraction of sp³-hybridized carbons (Fsp3) is 0.100. The number of anilines is 1. The van der Waals surface area contributed by atoms with Crippen molar-refractivity contribution in [3.05, 3.63) is 83.6 Å². The number of halogens is 1. The zero-order valence-electron chi connectivity index (χ0n) is 15.2. The lowest BCUT2D eigenvalue weighted by atomic mass is 10.3. The summed E-state index contributed by atoms with van der Waals surface area (Å²) in [5.74, 6) is 0.0948. The fourth-order valence-corrected chi connectivity index (χ4v) is 3.53. The third-order valence-electron chi connectivity index (χ3n) is 3.84. The van der Waals surface area contributed by atoms with E-state index in [0.717, 1.165) is 5.56 Å². The Hall–Kier alpha value is -3.10. The molecule has 0 spiro atoms. The van der Waals surface area contributed by atoms with E-state index >= 15 is 0 Å². The van der Waals surface area contributed by atoms with Gasteiger partial charge >= 0.3 is 0 Å². The number of amides is 1. The maximum Gasteiger partial charge on any atom is 0.261 e. The Balaban J connectivity index is 1.52. The first-order chi connectivity index (χ1) is 13.9. The SMILES string of the molecule is O=C(COc1ccc(S(=O)(=O)Nc2ccc(Cl)cc2)cc1)NCc1ccncc1. The van der Waals surface area contributed by atoms with Gasteiger partial charge in [0.2, 0.25) is 0 Å². The molecule has 0 fully saturated rings. The molecule has 0 atom stereocenters. The van der Waals surface area contributed by atoms with Gasteiger partial charge in [0.15, 0.2) is 6.61 Å². The van der Waals surface area contributed by atoms with Crippen molar-refractivity contribution in [1.29, 1.82) is 0 Å². The summed E-state index contributed by atoms with van der Waals surface area (Å²) in [6.45, 7) is 0.193. The number of rotatable bonds is 8. The number of sulfonamides is 1. The van der Waals surface area contributed by atoms with Crippen LogP contribution in [0.25, 0.3) is 0 Å². The molecular formula is C20H18ClN3O4S. The predicted octanol–water partition coefficient (Wildman–Crippen LogP) is 3.23. The molecule has 3 rings (SSSR count). The number of pyridine rings is 1. The van der Waals surface area contributed by atoms with E-state index in [-0.39, 0.29) is 17.4 Å². The molecule has 1 amide bonds. The molecule has 9 heteroatoms. The summed E-state index contributed by atoms with van der Waals surface area (Å²) in [4.78, 5) is 15.9. The summed E-state index contributed by atoms with van der Waals surface area (Å²) in [7, 11) is -3.75. The molecule has 7 nitrogen and oxygen atoms in total. The summed E-state index contributed by atoms with van der Waals surface area (Å²) in [5, 5.41) is 3.24. The summed E-state index contributed by atoms with van der Waals surface area (Å²) in [6, 6.07) is 15.7. The van der Waals surface area contributed by atoms with Crippen molar-refractivity contribution >= 4 is 33.2 Å². The van der Waals surface area contributed by atoms with Crippen molar-refractivity contribution in [2.75, 3.05) is 11.3 Å². The average Bonchev–Trinajstić information content (AvgIpc) is 2.73. The van der Waals surface area contributed by atoms with Crippen molar-refractivity contribution in [2.45, 2.75) is 11.4 Å². The molecule has 29 heavy (non-hydrogen) atoms. The highest BCUT2D eigenvalue weighted by Gasteiger charge is 2.14. The van der Waals surface area contributed by atoms with Crippen LogP contribution in [-0.4, -0.2) is 25.9 Å². The molecule has 3 aromatic rings. The minimum Gasteiger partial charge on any atom is -0.484 e. The number of hydrogen-bond donors (Lipinski definition) is 2. The van der Waals surface area contributed by atoms with Gasteiger partial charge in [0.05, 0.1) is 4.90 Å². The number of carbonyl (C=O) groups is 1. The second-order valence-electron chi connectivity index (χ2n) is 6.00. The van der Waals surface area contributed by atoms with Gasteiger partial charge in [-0.05, 0) is 66.2 Å². The molecular weight excluding hydrogens is 414 g/mol. The molecule has 0 saturated carbocycles. The second-order valence-corrected chi connectivity index (χ2v) is 8.12. The van der Waals surface area contributed by atoms with Gasteiger partial charge in [0, 0.05) is 29.6 Å². The Bertz CT molecular complexity index is 1060. The van der Waals surface area contributed by atoms with Crippen LogP contribution in [0.5, 0.6) is 5.75 Å². The van der Waals surface area contributed by atoms with E-state index < -0.39 is 10.0 Å². The number of aromatic nitrogens is 1. The van der Waals surface area contributed by atoms with E-state index in [2.05, 4.69) is 15.0 Å². The number of ether oxygens (including phenoxy) is 1. The van der Waals surface area contributed by atoms with Gasteiger partial charge < -0.3 is 10.1 Å². The zero-order chi connectivity index (χ0) is 20.7. The van der Waals surface area contributed by atoms with E-state index in [1.165, 1.54) is 24.3 Å². The van der Waals surface area contributed by atoms with Gasteiger partial charge in [-0.2, -0.15) is 0 Å². The Morgan fingerprint density at radius 3 is 2.28 bits per heavy atom. The minimum absolute atomic E-state index is 0.0712. The van der Waals surface area contributed by atoms with E-state index in [1.807, 2.05) is 0 Å². The maximum absolute atomic E-state index is 12.4. The van der Waals surface area contributed by atoms with Crippen LogP contribution in [0.4, 0.5) is 5.69 Å². The topological polar surface area (TPSA) is 97.4 Å². The lowest BCUT2D eigenvalue weighted by molar-refractivity contribution is -0.123. The number of nitrogens with zero attached hydrogens (tertiary/aromatic N) is 1. The lowest BCUT2D eigenvalue weighted by Crippen LogP contribution is -2.28. The highest BCUT2D eigenvalue weighted by molar-refractivity contribution is 7.92. The molecule has 0 aliphatic heterocycles. The van der Waals surface area contributed by atoms with Crippen molar-refractivity contribution in [2.24, 2.45) is 0 Å². The van der Waals surface area contributed by atoms with Crippen LogP contribution in [0.2, 0.25) is 5.02 Å². The van der Waals surface area contributed by atoms with Gasteiger partial charge in [0.25, 0.3) is 15.9 Å². The molecule has 0 bridgehead atoms. The summed E-state index contributed by atoms with van der Waals surface area (Å²) < 4.78 is 32.7. The number of hydrogen-bond acceptors (Lipinski definition) is 5. The first-order valence-electron chi connectivity index (χ1n) is 8.59. The fourth-order valence-electron chi connectivity index (χ4n) is 2.35. The van der Waals surface area contributed by atoms with Crippen molar-refractivity contribution in [3.8, 4) is 5.75 Å². The Labute approximate surface area is 173 Å². The highest BCUT2D eigenvalue weighted by Crippen LogP contribution is 2.20. The number of benzene rings is 2. The van der Waals surface area contributed by atoms with Crippen molar-refractivity contribution in [1.82, 2.24) is 10.3 Å². The van der Waals surface area contributed by atoms with Crippen LogP contribution in [0.15, 0.2) is 78.0 Å². The molecule has 1 heterocycles. The normalized spacial score (nSPS) is 10.9. The first kappa shape index (κ1) is 20.6. The van der Waals surface area contributed by atoms with E-state index in [9.17, 15) is 13.2 Å². The van der Waals surface area contributed by atoms with Gasteiger partial charge in [-0.25, -0.2) is 8.42 Å². The van der Waals surface area contributed by atoms with E-state index in [1.54, 1.807) is 48.8 Å². The summed E-state index contributed by atoms with van der Waals surface area (Å²) in [6.07, 6.45) is 3.30. The third kappa shape index (κ3) is 6.20. The Morgan fingerprint density at radius 1 is 0.966 bits per heavy atom. The summed E-state index contributed by atoms with van der Waals surface area (Å²) in [5.41, 5.74) is 1.33. The largest absolute Gasteiger partial charge is 0.484 e. The van der Waals surface area contributed by atoms with Gasteiger partial charge in [0.1, 0.15) is 5.75 Å². The van der Waals surface area contributed by atoms with Gasteiger partial charge in [-0.1, -0.05) is 11.6 Å². The predicted molar refractivity (Wildman–Crippen MR) is 110 cm³/mol. The van der Waals surface area contributed by atoms with Crippen LogP contribution in [0, 0.1) is 0 Å². The van der Waals surface area contributed by atoms with Crippen LogP contribution >= 0.6 is 11.6 Å². The van der Waals surface area contributed by atoms with Crippen molar-refractivity contribution < 1.29 is 17.9 Å². The first-order valence-corrected chi connectivity index (χ1v) is 10.5. The average molecular weight is 432 g/mol. The molecule has 2 aromatic carbocycles. The minimum atomic E-state index is -3.75. The monoisotopic (exact) mass is 431 g/mol. The summed E-state index contributed by atoms with van der Waals surface area (Å²) >= 11 is 5.80. The standard InChI is InChI=1S/C20H18ClN3O4S/c21-16-1-3-17(4-2-16)24-29(26,27)19-7-5-18(6-8-19)28-14-20(25)23-13-15-9-11-22-12-10-15/h1-12,24H,13-14H2,(H,23,25). The smallest absolute Gasteiger partial charge is 0.261 e. The Kier molecular flexibility index (Phi) is 6.69.